The van der Waals surface area contributed by atoms with Gasteiger partial charge in [-0.1, -0.05) is 82.8 Å². The van der Waals surface area contributed by atoms with Gasteiger partial charge in [0, 0.05) is 52.2 Å². The Morgan fingerprint density at radius 1 is 1.09 bits per heavy atom. The van der Waals surface area contributed by atoms with Crippen molar-refractivity contribution in [3.05, 3.63) is 104 Å². The third-order valence-corrected chi connectivity index (χ3v) is 8.87. The number of carbonyl (C=O) groups is 1. The van der Waals surface area contributed by atoms with Gasteiger partial charge in [0.2, 0.25) is 5.90 Å². The minimum absolute atomic E-state index is 0.0594. The standard InChI is InChI=1S/C33H36BrN5O4/c34-28-13-6-4-11-25(28)21-33(32(41)36-22-23-9-2-1-3-10-23)30(27-12-5-7-14-29(27)38-39-35)43-31(37-33)24-15-17-26(18-16-24)42-20-8-19-40/h4-7,11-18,23,30,40H,1-3,8-10,19-22H2,(H,36,41)/t30-,33-/m1/s1. The predicted molar refractivity (Wildman–Crippen MR) is 169 cm³/mol. The lowest BCUT2D eigenvalue weighted by molar-refractivity contribution is -0.129. The van der Waals surface area contributed by atoms with Gasteiger partial charge in [0.25, 0.3) is 5.91 Å². The van der Waals surface area contributed by atoms with Crippen LogP contribution in [0.15, 0.2) is 87.4 Å². The van der Waals surface area contributed by atoms with Crippen LogP contribution in [0.3, 0.4) is 0 Å². The zero-order chi connectivity index (χ0) is 30.1. The zero-order valence-corrected chi connectivity index (χ0v) is 25.6. The molecular formula is C33H36BrN5O4. The number of aliphatic hydroxyl groups is 1. The molecule has 3 aromatic carbocycles. The van der Waals surface area contributed by atoms with E-state index in [-0.39, 0.29) is 18.9 Å². The summed E-state index contributed by atoms with van der Waals surface area (Å²) in [7, 11) is 0. The van der Waals surface area contributed by atoms with Crippen LogP contribution >= 0.6 is 15.9 Å². The summed E-state index contributed by atoms with van der Waals surface area (Å²) >= 11 is 3.67. The highest BCUT2D eigenvalue weighted by molar-refractivity contribution is 9.10. The zero-order valence-electron chi connectivity index (χ0n) is 24.0. The molecule has 0 unspecified atom stereocenters. The van der Waals surface area contributed by atoms with E-state index >= 15 is 0 Å². The van der Waals surface area contributed by atoms with E-state index in [2.05, 4.69) is 31.3 Å². The molecule has 10 heteroatoms. The first-order valence-electron chi connectivity index (χ1n) is 14.8. The molecule has 0 aromatic heterocycles. The van der Waals surface area contributed by atoms with E-state index in [9.17, 15) is 10.3 Å². The second-order valence-corrected chi connectivity index (χ2v) is 11.9. The van der Waals surface area contributed by atoms with Crippen LogP contribution < -0.4 is 10.1 Å². The topological polar surface area (TPSA) is 129 Å². The molecule has 43 heavy (non-hydrogen) atoms. The van der Waals surface area contributed by atoms with Gasteiger partial charge in [-0.15, -0.1) is 0 Å². The number of nitrogens with zero attached hydrogens (tertiary/aromatic N) is 4. The van der Waals surface area contributed by atoms with Crippen molar-refractivity contribution in [3.8, 4) is 5.75 Å². The van der Waals surface area contributed by atoms with Crippen LogP contribution in [-0.4, -0.2) is 42.2 Å². The number of azide groups is 1. The van der Waals surface area contributed by atoms with Crippen molar-refractivity contribution in [2.75, 3.05) is 19.8 Å². The van der Waals surface area contributed by atoms with E-state index < -0.39 is 11.6 Å². The number of rotatable bonds is 12. The Morgan fingerprint density at radius 2 is 1.84 bits per heavy atom. The van der Waals surface area contributed by atoms with Crippen LogP contribution in [0.4, 0.5) is 5.69 Å². The minimum atomic E-state index is -1.38. The van der Waals surface area contributed by atoms with Crippen LogP contribution in [0, 0.1) is 5.92 Å². The molecule has 0 spiro atoms. The normalized spacial score (nSPS) is 20.0. The highest BCUT2D eigenvalue weighted by Crippen LogP contribution is 2.46. The Bertz CT molecular complexity index is 1480. The van der Waals surface area contributed by atoms with Crippen molar-refractivity contribution < 1.29 is 19.4 Å². The predicted octanol–water partition coefficient (Wildman–Crippen LogP) is 7.35. The molecule has 2 atom stereocenters. The molecule has 1 saturated carbocycles. The first kappa shape index (κ1) is 30.6. The summed E-state index contributed by atoms with van der Waals surface area (Å²) in [6, 6.07) is 22.3. The van der Waals surface area contributed by atoms with Crippen molar-refractivity contribution in [1.29, 1.82) is 0 Å². The molecule has 1 aliphatic carbocycles. The van der Waals surface area contributed by atoms with Crippen LogP contribution in [0.1, 0.15) is 61.3 Å². The van der Waals surface area contributed by atoms with Crippen molar-refractivity contribution in [3.63, 3.8) is 0 Å². The van der Waals surface area contributed by atoms with Gasteiger partial charge in [-0.25, -0.2) is 4.99 Å². The van der Waals surface area contributed by atoms with Crippen LogP contribution in [-0.2, 0) is 16.0 Å². The van der Waals surface area contributed by atoms with Gasteiger partial charge in [0.1, 0.15) is 5.75 Å². The maximum Gasteiger partial charge on any atom is 0.252 e. The number of benzene rings is 3. The average Bonchev–Trinajstić information content (AvgIpc) is 3.42. The molecule has 3 aromatic rings. The Morgan fingerprint density at radius 3 is 2.58 bits per heavy atom. The van der Waals surface area contributed by atoms with E-state index in [1.165, 1.54) is 19.3 Å². The van der Waals surface area contributed by atoms with Gasteiger partial charge in [-0.2, -0.15) is 0 Å². The number of hydrogen-bond acceptors (Lipinski definition) is 6. The third-order valence-electron chi connectivity index (χ3n) is 8.10. The van der Waals surface area contributed by atoms with E-state index in [4.69, 9.17) is 19.6 Å². The largest absolute Gasteiger partial charge is 0.494 e. The van der Waals surface area contributed by atoms with E-state index in [1.54, 1.807) is 12.1 Å². The summed E-state index contributed by atoms with van der Waals surface area (Å²) < 4.78 is 13.2. The Kier molecular flexibility index (Phi) is 10.4. The molecule has 2 aliphatic rings. The first-order chi connectivity index (χ1) is 21.0. The molecule has 1 aliphatic heterocycles. The second kappa shape index (κ2) is 14.6. The monoisotopic (exact) mass is 645 g/mol. The van der Waals surface area contributed by atoms with Crippen molar-refractivity contribution >= 4 is 33.4 Å². The summed E-state index contributed by atoms with van der Waals surface area (Å²) in [4.78, 5) is 22.6. The SMILES string of the molecule is [N-]=[N+]=Nc1ccccc1[C@H]1OC(c2ccc(OCCCO)cc2)=N[C@@]1(Cc1ccccc1Br)C(=O)NCC1CCCCC1. The number of aliphatic hydroxyl groups excluding tert-OH is 1. The number of nitrogens with one attached hydrogen (secondary N) is 1. The summed E-state index contributed by atoms with van der Waals surface area (Å²) in [6.07, 6.45) is 5.72. The number of ether oxygens (including phenoxy) is 2. The fourth-order valence-corrected chi connectivity index (χ4v) is 6.25. The Balaban J connectivity index is 1.58. The minimum Gasteiger partial charge on any atom is -0.494 e. The van der Waals surface area contributed by atoms with Crippen LogP contribution in [0.2, 0.25) is 0 Å². The van der Waals surface area contributed by atoms with E-state index in [1.807, 2.05) is 60.7 Å². The fraction of sp³-hybridized carbons (Fsp3) is 0.394. The quantitative estimate of drug-likeness (QED) is 0.0923. The number of aliphatic imine (C=N–C) groups is 1. The molecule has 9 nitrogen and oxygen atoms in total. The van der Waals surface area contributed by atoms with Gasteiger partial charge in [-0.05, 0) is 60.2 Å². The number of amides is 1. The first-order valence-corrected chi connectivity index (χ1v) is 15.6. The number of carbonyl (C=O) groups excluding carboxylic acids is 1. The average molecular weight is 647 g/mol. The summed E-state index contributed by atoms with van der Waals surface area (Å²) in [6.45, 7) is 1.04. The number of hydrogen-bond donors (Lipinski definition) is 2. The Labute approximate surface area is 260 Å². The summed E-state index contributed by atoms with van der Waals surface area (Å²) in [5.41, 5.74) is 10.5. The van der Waals surface area contributed by atoms with Crippen molar-refractivity contribution in [2.45, 2.75) is 56.6 Å². The lowest BCUT2D eigenvalue weighted by atomic mass is 9.81. The molecule has 1 amide bonds. The molecule has 224 valence electrons. The summed E-state index contributed by atoms with van der Waals surface area (Å²) in [5, 5.41) is 16.2. The van der Waals surface area contributed by atoms with Crippen LogP contribution in [0.25, 0.3) is 10.4 Å². The maximum atomic E-state index is 14.5. The molecule has 1 heterocycles. The van der Waals surface area contributed by atoms with E-state index in [0.29, 0.717) is 54.0 Å². The number of halogens is 1. The fourth-order valence-electron chi connectivity index (χ4n) is 5.82. The maximum absolute atomic E-state index is 14.5. The van der Waals surface area contributed by atoms with Gasteiger partial charge in [0.05, 0.1) is 6.61 Å². The Hall–Kier alpha value is -3.85. The molecule has 0 radical (unpaired) electrons. The molecule has 5 rings (SSSR count). The third kappa shape index (κ3) is 7.21. The lowest BCUT2D eigenvalue weighted by Crippen LogP contribution is -2.51. The molecule has 0 saturated heterocycles. The van der Waals surface area contributed by atoms with Crippen molar-refractivity contribution in [1.82, 2.24) is 5.32 Å². The van der Waals surface area contributed by atoms with E-state index in [0.717, 1.165) is 22.9 Å². The second-order valence-electron chi connectivity index (χ2n) is 11.0. The highest BCUT2D eigenvalue weighted by atomic mass is 79.9. The highest BCUT2D eigenvalue weighted by Gasteiger charge is 2.54. The smallest absolute Gasteiger partial charge is 0.252 e. The van der Waals surface area contributed by atoms with Gasteiger partial charge >= 0.3 is 0 Å². The molecule has 0 bridgehead atoms. The van der Waals surface area contributed by atoms with Gasteiger partial charge in [-0.3, -0.25) is 4.79 Å². The summed E-state index contributed by atoms with van der Waals surface area (Å²) in [5.74, 6) is 1.18. The molecular weight excluding hydrogens is 610 g/mol. The molecule has 2 N–H and O–H groups in total. The lowest BCUT2D eigenvalue weighted by Gasteiger charge is -2.32. The van der Waals surface area contributed by atoms with Crippen molar-refractivity contribution in [2.24, 2.45) is 16.0 Å². The van der Waals surface area contributed by atoms with Gasteiger partial charge < -0.3 is 19.9 Å². The van der Waals surface area contributed by atoms with Crippen LogP contribution in [0.5, 0.6) is 5.75 Å². The molecule has 1 fully saturated rings. The van der Waals surface area contributed by atoms with Gasteiger partial charge in [0.15, 0.2) is 11.6 Å².